The molecule has 0 spiro atoms. The molecule has 0 bridgehead atoms. The summed E-state index contributed by atoms with van der Waals surface area (Å²) < 4.78 is 0. The van der Waals surface area contributed by atoms with Gasteiger partial charge in [0.25, 0.3) is 0 Å². The minimum atomic E-state index is 0.0306. The van der Waals surface area contributed by atoms with E-state index in [-0.39, 0.29) is 5.41 Å². The standard InChI is InChI=1S/C10H18N2S/c1-5-8-7(2)13-9(12-8)10(3,4)6-11/h5-6,11H2,1-4H3. The number of aromatic nitrogens is 1. The molecule has 1 aromatic rings. The minimum Gasteiger partial charge on any atom is -0.330 e. The second kappa shape index (κ2) is 3.76. The second-order valence-electron chi connectivity index (χ2n) is 3.96. The number of aryl methyl sites for hydroxylation is 2. The molecule has 0 amide bonds. The molecular weight excluding hydrogens is 180 g/mol. The Balaban J connectivity index is 3.03. The molecule has 0 radical (unpaired) electrons. The van der Waals surface area contributed by atoms with Crippen molar-refractivity contribution in [3.05, 3.63) is 15.6 Å². The summed E-state index contributed by atoms with van der Waals surface area (Å²) in [5.74, 6) is 0. The number of hydrogen-bond donors (Lipinski definition) is 1. The topological polar surface area (TPSA) is 38.9 Å². The Hall–Kier alpha value is -0.410. The van der Waals surface area contributed by atoms with E-state index in [0.717, 1.165) is 6.42 Å². The first-order chi connectivity index (χ1) is 6.01. The molecule has 0 fully saturated rings. The van der Waals surface area contributed by atoms with Gasteiger partial charge in [0.15, 0.2) is 0 Å². The van der Waals surface area contributed by atoms with Crippen LogP contribution in [0.1, 0.15) is 36.3 Å². The Morgan fingerprint density at radius 1 is 1.46 bits per heavy atom. The number of thiazole rings is 1. The Morgan fingerprint density at radius 3 is 2.46 bits per heavy atom. The quantitative estimate of drug-likeness (QED) is 0.809. The summed E-state index contributed by atoms with van der Waals surface area (Å²) in [5.41, 5.74) is 6.96. The van der Waals surface area contributed by atoms with Gasteiger partial charge in [0.1, 0.15) is 0 Å². The van der Waals surface area contributed by atoms with Gasteiger partial charge in [-0.3, -0.25) is 0 Å². The highest BCUT2D eigenvalue weighted by Crippen LogP contribution is 2.28. The summed E-state index contributed by atoms with van der Waals surface area (Å²) in [6, 6.07) is 0. The third-order valence-electron chi connectivity index (χ3n) is 2.32. The summed E-state index contributed by atoms with van der Waals surface area (Å²) in [7, 11) is 0. The number of nitrogens with zero attached hydrogens (tertiary/aromatic N) is 1. The lowest BCUT2D eigenvalue weighted by molar-refractivity contribution is 0.534. The van der Waals surface area contributed by atoms with E-state index in [9.17, 15) is 0 Å². The van der Waals surface area contributed by atoms with Gasteiger partial charge in [-0.25, -0.2) is 4.98 Å². The fourth-order valence-corrected chi connectivity index (χ4v) is 2.25. The number of nitrogens with two attached hydrogens (primary N) is 1. The zero-order valence-corrected chi connectivity index (χ0v) is 9.66. The molecule has 0 unspecified atom stereocenters. The SMILES string of the molecule is CCc1nc(C(C)(C)CN)sc1C. The first kappa shape index (κ1) is 10.7. The fraction of sp³-hybridized carbons (Fsp3) is 0.700. The molecule has 0 aliphatic carbocycles. The summed E-state index contributed by atoms with van der Waals surface area (Å²) >= 11 is 1.78. The first-order valence-electron chi connectivity index (χ1n) is 4.68. The molecule has 1 heterocycles. The van der Waals surface area contributed by atoms with E-state index < -0.39 is 0 Å². The van der Waals surface area contributed by atoms with Gasteiger partial charge < -0.3 is 5.73 Å². The monoisotopic (exact) mass is 198 g/mol. The highest BCUT2D eigenvalue weighted by Gasteiger charge is 2.23. The van der Waals surface area contributed by atoms with Crippen LogP contribution in [0, 0.1) is 6.92 Å². The van der Waals surface area contributed by atoms with Gasteiger partial charge in [0.2, 0.25) is 0 Å². The zero-order valence-electron chi connectivity index (χ0n) is 8.85. The van der Waals surface area contributed by atoms with Gasteiger partial charge in [-0.05, 0) is 13.3 Å². The predicted molar refractivity (Wildman–Crippen MR) is 58.3 cm³/mol. The number of hydrogen-bond acceptors (Lipinski definition) is 3. The van der Waals surface area contributed by atoms with Crippen molar-refractivity contribution in [3.8, 4) is 0 Å². The van der Waals surface area contributed by atoms with E-state index in [4.69, 9.17) is 5.73 Å². The Labute approximate surface area is 84.2 Å². The van der Waals surface area contributed by atoms with Crippen molar-refractivity contribution in [2.45, 2.75) is 39.5 Å². The van der Waals surface area contributed by atoms with Crippen molar-refractivity contribution in [1.29, 1.82) is 0 Å². The third-order valence-corrected chi connectivity index (χ3v) is 3.70. The van der Waals surface area contributed by atoms with Crippen LogP contribution in [-0.2, 0) is 11.8 Å². The Kier molecular flexibility index (Phi) is 3.09. The van der Waals surface area contributed by atoms with Crippen LogP contribution in [0.15, 0.2) is 0 Å². The summed E-state index contributed by atoms with van der Waals surface area (Å²) in [6.45, 7) is 9.21. The lowest BCUT2D eigenvalue weighted by atomic mass is 9.95. The van der Waals surface area contributed by atoms with Crippen LogP contribution in [0.2, 0.25) is 0 Å². The van der Waals surface area contributed by atoms with E-state index in [1.807, 2.05) is 0 Å². The molecule has 0 aliphatic rings. The minimum absolute atomic E-state index is 0.0306. The maximum Gasteiger partial charge on any atom is 0.0999 e. The molecule has 1 rings (SSSR count). The number of rotatable bonds is 3. The second-order valence-corrected chi connectivity index (χ2v) is 5.17. The molecule has 2 nitrogen and oxygen atoms in total. The smallest absolute Gasteiger partial charge is 0.0999 e. The molecule has 3 heteroatoms. The van der Waals surface area contributed by atoms with Gasteiger partial charge >= 0.3 is 0 Å². The van der Waals surface area contributed by atoms with Gasteiger partial charge in [-0.15, -0.1) is 11.3 Å². The van der Waals surface area contributed by atoms with Crippen molar-refractivity contribution in [1.82, 2.24) is 4.98 Å². The van der Waals surface area contributed by atoms with E-state index in [1.165, 1.54) is 15.6 Å². The summed E-state index contributed by atoms with van der Waals surface area (Å²) in [6.07, 6.45) is 1.02. The molecule has 0 aliphatic heterocycles. The maximum absolute atomic E-state index is 5.71. The maximum atomic E-state index is 5.71. The van der Waals surface area contributed by atoms with Crippen LogP contribution < -0.4 is 5.73 Å². The zero-order chi connectivity index (χ0) is 10.1. The third kappa shape index (κ3) is 2.09. The van der Waals surface area contributed by atoms with Gasteiger partial charge in [-0.2, -0.15) is 0 Å². The molecule has 0 saturated heterocycles. The lowest BCUT2D eigenvalue weighted by Gasteiger charge is -2.18. The molecule has 74 valence electrons. The van der Waals surface area contributed by atoms with Gasteiger partial charge in [-0.1, -0.05) is 20.8 Å². The predicted octanol–water partition coefficient (Wildman–Crippen LogP) is 2.25. The Bertz CT molecular complexity index is 289. The highest BCUT2D eigenvalue weighted by molar-refractivity contribution is 7.11. The molecule has 0 saturated carbocycles. The van der Waals surface area contributed by atoms with Crippen molar-refractivity contribution >= 4 is 11.3 Å². The molecule has 2 N–H and O–H groups in total. The largest absolute Gasteiger partial charge is 0.330 e. The molecule has 1 aromatic heterocycles. The van der Waals surface area contributed by atoms with Gasteiger partial charge in [0.05, 0.1) is 10.7 Å². The highest BCUT2D eigenvalue weighted by atomic mass is 32.1. The summed E-state index contributed by atoms with van der Waals surface area (Å²) in [4.78, 5) is 5.94. The van der Waals surface area contributed by atoms with Crippen LogP contribution in [0.5, 0.6) is 0 Å². The van der Waals surface area contributed by atoms with Crippen molar-refractivity contribution in [2.75, 3.05) is 6.54 Å². The van der Waals surface area contributed by atoms with E-state index in [2.05, 4.69) is 32.7 Å². The van der Waals surface area contributed by atoms with Crippen molar-refractivity contribution in [2.24, 2.45) is 5.73 Å². The van der Waals surface area contributed by atoms with Crippen molar-refractivity contribution < 1.29 is 0 Å². The van der Waals surface area contributed by atoms with E-state index in [0.29, 0.717) is 6.54 Å². The lowest BCUT2D eigenvalue weighted by Crippen LogP contribution is -2.27. The van der Waals surface area contributed by atoms with Crippen LogP contribution in [0.4, 0.5) is 0 Å². The van der Waals surface area contributed by atoms with Gasteiger partial charge in [0, 0.05) is 16.8 Å². The average molecular weight is 198 g/mol. The van der Waals surface area contributed by atoms with Crippen LogP contribution in [-0.4, -0.2) is 11.5 Å². The molecule has 0 atom stereocenters. The molecule has 0 aromatic carbocycles. The Morgan fingerprint density at radius 2 is 2.08 bits per heavy atom. The normalized spacial score (nSPS) is 12.1. The average Bonchev–Trinajstić information content (AvgIpc) is 2.47. The first-order valence-corrected chi connectivity index (χ1v) is 5.49. The van der Waals surface area contributed by atoms with Crippen LogP contribution in [0.3, 0.4) is 0 Å². The summed E-state index contributed by atoms with van der Waals surface area (Å²) in [5, 5.41) is 1.17. The fourth-order valence-electron chi connectivity index (χ4n) is 1.13. The van der Waals surface area contributed by atoms with Crippen LogP contribution in [0.25, 0.3) is 0 Å². The van der Waals surface area contributed by atoms with Crippen molar-refractivity contribution in [3.63, 3.8) is 0 Å². The van der Waals surface area contributed by atoms with Crippen LogP contribution >= 0.6 is 11.3 Å². The van der Waals surface area contributed by atoms with E-state index >= 15 is 0 Å². The molecule has 13 heavy (non-hydrogen) atoms. The molecular formula is C10H18N2S. The van der Waals surface area contributed by atoms with E-state index in [1.54, 1.807) is 11.3 Å².